The number of benzene rings is 1. The molecule has 0 spiro atoms. The second-order valence-corrected chi connectivity index (χ2v) is 6.15. The van der Waals surface area contributed by atoms with Gasteiger partial charge in [-0.2, -0.15) is 0 Å². The Bertz CT molecular complexity index is 738. The van der Waals surface area contributed by atoms with E-state index in [1.165, 1.54) is 0 Å². The monoisotopic (exact) mass is 298 g/mol. The molecule has 108 valence electrons. The molecular formula is C16H18N4S. The standard InChI is InChI=1S/C16H18N4S/c1-10-11(2)19-16(18-10)13-5-4-6-14(7-13)17-8-15-9-21-12(3)20-15/h4-7,9,17H,8H2,1-3H3,(H,18,19). The molecule has 0 bridgehead atoms. The van der Waals surface area contributed by atoms with Gasteiger partial charge in [-0.1, -0.05) is 12.1 Å². The molecule has 0 aliphatic carbocycles. The molecule has 0 aliphatic heterocycles. The van der Waals surface area contributed by atoms with E-state index in [4.69, 9.17) is 0 Å². The van der Waals surface area contributed by atoms with Crippen LogP contribution in [-0.2, 0) is 6.54 Å². The van der Waals surface area contributed by atoms with Crippen LogP contribution in [0, 0.1) is 20.8 Å². The molecule has 21 heavy (non-hydrogen) atoms. The fourth-order valence-electron chi connectivity index (χ4n) is 2.14. The summed E-state index contributed by atoms with van der Waals surface area (Å²) in [5.74, 6) is 0.915. The van der Waals surface area contributed by atoms with Crippen LogP contribution in [0.1, 0.15) is 22.1 Å². The first-order chi connectivity index (χ1) is 10.1. The van der Waals surface area contributed by atoms with E-state index in [1.807, 2.05) is 26.8 Å². The largest absolute Gasteiger partial charge is 0.379 e. The summed E-state index contributed by atoms with van der Waals surface area (Å²) in [5, 5.41) is 6.60. The predicted molar refractivity (Wildman–Crippen MR) is 87.7 cm³/mol. The van der Waals surface area contributed by atoms with Gasteiger partial charge in [0.2, 0.25) is 0 Å². The number of hydrogen-bond donors (Lipinski definition) is 2. The van der Waals surface area contributed by atoms with Crippen molar-refractivity contribution in [3.05, 3.63) is 51.7 Å². The molecule has 0 unspecified atom stereocenters. The van der Waals surface area contributed by atoms with E-state index < -0.39 is 0 Å². The van der Waals surface area contributed by atoms with Crippen molar-refractivity contribution in [1.82, 2.24) is 15.0 Å². The van der Waals surface area contributed by atoms with Crippen LogP contribution >= 0.6 is 11.3 Å². The first kappa shape index (κ1) is 13.8. The number of aromatic nitrogens is 3. The van der Waals surface area contributed by atoms with Crippen LogP contribution in [0.5, 0.6) is 0 Å². The highest BCUT2D eigenvalue weighted by molar-refractivity contribution is 7.09. The third-order valence-electron chi connectivity index (χ3n) is 3.40. The molecule has 0 atom stereocenters. The lowest BCUT2D eigenvalue weighted by Crippen LogP contribution is -1.99. The Morgan fingerprint density at radius 2 is 2.05 bits per heavy atom. The highest BCUT2D eigenvalue weighted by Gasteiger charge is 2.06. The number of nitrogens with one attached hydrogen (secondary N) is 2. The average Bonchev–Trinajstić information content (AvgIpc) is 3.04. The number of H-pyrrole nitrogens is 1. The molecule has 4 nitrogen and oxygen atoms in total. The number of anilines is 1. The van der Waals surface area contributed by atoms with E-state index in [2.05, 4.69) is 43.8 Å². The zero-order valence-electron chi connectivity index (χ0n) is 12.4. The maximum atomic E-state index is 4.55. The van der Waals surface area contributed by atoms with Crippen LogP contribution in [0.4, 0.5) is 5.69 Å². The summed E-state index contributed by atoms with van der Waals surface area (Å²) < 4.78 is 0. The maximum absolute atomic E-state index is 4.55. The smallest absolute Gasteiger partial charge is 0.137 e. The normalized spacial score (nSPS) is 10.8. The van der Waals surface area contributed by atoms with Crippen LogP contribution < -0.4 is 5.32 Å². The molecule has 2 aromatic heterocycles. The quantitative estimate of drug-likeness (QED) is 0.763. The fraction of sp³-hybridized carbons (Fsp3) is 0.250. The first-order valence-electron chi connectivity index (χ1n) is 6.90. The number of thiazole rings is 1. The summed E-state index contributed by atoms with van der Waals surface area (Å²) in [4.78, 5) is 12.3. The van der Waals surface area contributed by atoms with Gasteiger partial charge in [-0.15, -0.1) is 11.3 Å². The molecule has 3 aromatic rings. The number of aryl methyl sites for hydroxylation is 3. The number of aromatic amines is 1. The van der Waals surface area contributed by atoms with Gasteiger partial charge >= 0.3 is 0 Å². The molecule has 0 fully saturated rings. The highest BCUT2D eigenvalue weighted by Crippen LogP contribution is 2.21. The number of hydrogen-bond acceptors (Lipinski definition) is 4. The third kappa shape index (κ3) is 3.13. The van der Waals surface area contributed by atoms with Gasteiger partial charge in [0.05, 0.1) is 22.9 Å². The van der Waals surface area contributed by atoms with Gasteiger partial charge in [-0.05, 0) is 32.9 Å². The molecule has 1 aromatic carbocycles. The van der Waals surface area contributed by atoms with Crippen molar-refractivity contribution in [2.24, 2.45) is 0 Å². The van der Waals surface area contributed by atoms with Gasteiger partial charge in [0.25, 0.3) is 0 Å². The Morgan fingerprint density at radius 1 is 1.19 bits per heavy atom. The third-order valence-corrected chi connectivity index (χ3v) is 4.23. The van der Waals surface area contributed by atoms with Crippen LogP contribution in [0.25, 0.3) is 11.4 Å². The Kier molecular flexibility index (Phi) is 3.75. The molecule has 0 saturated heterocycles. The van der Waals surface area contributed by atoms with Gasteiger partial charge < -0.3 is 10.3 Å². The van der Waals surface area contributed by atoms with Crippen LogP contribution in [0.2, 0.25) is 0 Å². The molecule has 0 amide bonds. The van der Waals surface area contributed by atoms with Gasteiger partial charge in [0, 0.05) is 22.3 Å². The SMILES string of the molecule is Cc1nc(CNc2cccc(-c3nc(C)c(C)[nH]3)c2)cs1. The highest BCUT2D eigenvalue weighted by atomic mass is 32.1. The van der Waals surface area contributed by atoms with Gasteiger partial charge in [0.15, 0.2) is 0 Å². The fourth-order valence-corrected chi connectivity index (χ4v) is 2.76. The van der Waals surface area contributed by atoms with Crippen molar-refractivity contribution < 1.29 is 0 Å². The van der Waals surface area contributed by atoms with Crippen molar-refractivity contribution in [1.29, 1.82) is 0 Å². The van der Waals surface area contributed by atoms with Gasteiger partial charge in [0.1, 0.15) is 5.82 Å². The van der Waals surface area contributed by atoms with E-state index in [-0.39, 0.29) is 0 Å². The van der Waals surface area contributed by atoms with Crippen molar-refractivity contribution in [2.45, 2.75) is 27.3 Å². The minimum atomic E-state index is 0.740. The van der Waals surface area contributed by atoms with E-state index >= 15 is 0 Å². The predicted octanol–water partition coefficient (Wildman–Crippen LogP) is 4.07. The van der Waals surface area contributed by atoms with E-state index in [0.29, 0.717) is 0 Å². The minimum Gasteiger partial charge on any atom is -0.379 e. The maximum Gasteiger partial charge on any atom is 0.137 e. The lowest BCUT2D eigenvalue weighted by Gasteiger charge is -2.06. The summed E-state index contributed by atoms with van der Waals surface area (Å²) in [6.07, 6.45) is 0. The van der Waals surface area contributed by atoms with Crippen molar-refractivity contribution >= 4 is 17.0 Å². The zero-order chi connectivity index (χ0) is 14.8. The zero-order valence-corrected chi connectivity index (χ0v) is 13.2. The van der Waals surface area contributed by atoms with Gasteiger partial charge in [-0.25, -0.2) is 9.97 Å². The lowest BCUT2D eigenvalue weighted by atomic mass is 10.2. The van der Waals surface area contributed by atoms with Crippen LogP contribution in [0.3, 0.4) is 0 Å². The second kappa shape index (κ2) is 5.69. The summed E-state index contributed by atoms with van der Waals surface area (Å²) in [7, 11) is 0. The molecule has 3 rings (SSSR count). The molecule has 5 heteroatoms. The Hall–Kier alpha value is -2.14. The number of rotatable bonds is 4. The first-order valence-corrected chi connectivity index (χ1v) is 7.78. The molecule has 0 aliphatic rings. The molecule has 0 radical (unpaired) electrons. The molecule has 2 heterocycles. The van der Waals surface area contributed by atoms with Crippen molar-refractivity contribution in [2.75, 3.05) is 5.32 Å². The van der Waals surface area contributed by atoms with E-state index in [9.17, 15) is 0 Å². The second-order valence-electron chi connectivity index (χ2n) is 5.09. The topological polar surface area (TPSA) is 53.6 Å². The Balaban J connectivity index is 1.76. The van der Waals surface area contributed by atoms with E-state index in [0.717, 1.165) is 45.7 Å². The summed E-state index contributed by atoms with van der Waals surface area (Å²) in [6.45, 7) is 6.82. The van der Waals surface area contributed by atoms with Crippen molar-refractivity contribution in [3.8, 4) is 11.4 Å². The summed E-state index contributed by atoms with van der Waals surface area (Å²) in [6, 6.07) is 8.27. The van der Waals surface area contributed by atoms with Crippen LogP contribution in [0.15, 0.2) is 29.6 Å². The Labute approximate surface area is 128 Å². The summed E-state index contributed by atoms with van der Waals surface area (Å²) in [5.41, 5.74) is 5.39. The summed E-state index contributed by atoms with van der Waals surface area (Å²) >= 11 is 1.68. The average molecular weight is 298 g/mol. The van der Waals surface area contributed by atoms with Gasteiger partial charge in [-0.3, -0.25) is 0 Å². The molecule has 0 saturated carbocycles. The van der Waals surface area contributed by atoms with Crippen molar-refractivity contribution in [3.63, 3.8) is 0 Å². The molecular weight excluding hydrogens is 280 g/mol. The Morgan fingerprint density at radius 3 is 2.71 bits per heavy atom. The number of imidazole rings is 1. The lowest BCUT2D eigenvalue weighted by molar-refractivity contribution is 1.05. The van der Waals surface area contributed by atoms with E-state index in [1.54, 1.807) is 11.3 Å². The molecule has 2 N–H and O–H groups in total. The van der Waals surface area contributed by atoms with Crippen LogP contribution in [-0.4, -0.2) is 15.0 Å². The minimum absolute atomic E-state index is 0.740. The number of nitrogens with zero attached hydrogens (tertiary/aromatic N) is 2.